The van der Waals surface area contributed by atoms with Crippen molar-refractivity contribution in [1.82, 2.24) is 0 Å². The van der Waals surface area contributed by atoms with Crippen LogP contribution < -0.4 is 4.90 Å². The summed E-state index contributed by atoms with van der Waals surface area (Å²) in [6, 6.07) is 17.5. The van der Waals surface area contributed by atoms with Gasteiger partial charge in [0.15, 0.2) is 0 Å². The second-order valence-electron chi connectivity index (χ2n) is 6.03. The Morgan fingerprint density at radius 1 is 1.12 bits per heavy atom. The van der Waals surface area contributed by atoms with Crippen molar-refractivity contribution in [3.8, 4) is 0 Å². The Hall–Kier alpha value is -2.62. The van der Waals surface area contributed by atoms with Crippen LogP contribution in [0.1, 0.15) is 24.0 Å². The summed E-state index contributed by atoms with van der Waals surface area (Å²) in [6.07, 6.45) is 0. The third-order valence-electron chi connectivity index (χ3n) is 4.43. The molecule has 124 valence electrons. The van der Waals surface area contributed by atoms with Crippen LogP contribution in [0.2, 0.25) is 0 Å². The number of hydrogen-bond donors (Lipinski definition) is 0. The van der Waals surface area contributed by atoms with E-state index in [4.69, 9.17) is 4.74 Å². The van der Waals surface area contributed by atoms with Crippen molar-refractivity contribution in [1.29, 1.82) is 0 Å². The summed E-state index contributed by atoms with van der Waals surface area (Å²) in [4.78, 5) is 27.0. The molecule has 0 unspecified atom stereocenters. The first-order chi connectivity index (χ1) is 11.6. The zero-order valence-electron chi connectivity index (χ0n) is 13.9. The first kappa shape index (κ1) is 16.2. The number of carbonyl (C=O) groups is 2. The highest BCUT2D eigenvalue weighted by Crippen LogP contribution is 2.37. The van der Waals surface area contributed by atoms with Crippen LogP contribution in [-0.4, -0.2) is 25.0 Å². The Balaban J connectivity index is 1.96. The average Bonchev–Trinajstić information content (AvgIpc) is 2.94. The van der Waals surface area contributed by atoms with Gasteiger partial charge in [-0.2, -0.15) is 0 Å². The van der Waals surface area contributed by atoms with E-state index in [1.54, 1.807) is 11.8 Å². The van der Waals surface area contributed by atoms with Crippen molar-refractivity contribution in [2.45, 2.75) is 19.8 Å². The lowest BCUT2D eigenvalue weighted by molar-refractivity contribution is -0.150. The zero-order valence-corrected chi connectivity index (χ0v) is 13.9. The maximum atomic E-state index is 12.9. The molecule has 1 heterocycles. The van der Waals surface area contributed by atoms with Gasteiger partial charge in [-0.25, -0.2) is 0 Å². The summed E-state index contributed by atoms with van der Waals surface area (Å²) < 4.78 is 5.16. The van der Waals surface area contributed by atoms with Gasteiger partial charge in [-0.1, -0.05) is 48.0 Å². The minimum Gasteiger partial charge on any atom is -0.465 e. The fourth-order valence-electron chi connectivity index (χ4n) is 3.18. The van der Waals surface area contributed by atoms with Gasteiger partial charge in [0.05, 0.1) is 6.61 Å². The Kier molecular flexibility index (Phi) is 4.65. The smallest absolute Gasteiger partial charge is 0.319 e. The standard InChI is InChI=1S/C20H21NO3/c1-3-24-20(23)18-17(15-7-5-4-6-8-15)13-21(19(18)22)16-11-9-14(2)10-12-16/h4-12,17-18H,3,13H2,1-2H3/t17-,18-/m1/s1. The molecular formula is C20H21NO3. The van der Waals surface area contributed by atoms with E-state index in [1.165, 1.54) is 0 Å². The predicted molar refractivity (Wildman–Crippen MR) is 92.8 cm³/mol. The first-order valence-corrected chi connectivity index (χ1v) is 8.21. The van der Waals surface area contributed by atoms with Crippen molar-refractivity contribution in [2.24, 2.45) is 5.92 Å². The van der Waals surface area contributed by atoms with Crippen LogP contribution in [0.4, 0.5) is 5.69 Å². The molecule has 1 aliphatic rings. The number of nitrogens with zero attached hydrogens (tertiary/aromatic N) is 1. The molecule has 2 atom stereocenters. The molecule has 0 bridgehead atoms. The van der Waals surface area contributed by atoms with E-state index in [2.05, 4.69) is 0 Å². The predicted octanol–water partition coefficient (Wildman–Crippen LogP) is 3.30. The minimum atomic E-state index is -0.784. The SMILES string of the molecule is CCOC(=O)[C@H]1C(=O)N(c2ccc(C)cc2)C[C@@H]1c1ccccc1. The van der Waals surface area contributed by atoms with Gasteiger partial charge in [0.2, 0.25) is 5.91 Å². The Bertz CT molecular complexity index is 724. The lowest BCUT2D eigenvalue weighted by atomic mass is 9.89. The second kappa shape index (κ2) is 6.87. The van der Waals surface area contributed by atoms with E-state index >= 15 is 0 Å². The molecule has 2 aromatic carbocycles. The molecule has 4 nitrogen and oxygen atoms in total. The molecule has 3 rings (SSSR count). The third kappa shape index (κ3) is 3.04. The van der Waals surface area contributed by atoms with Gasteiger partial charge < -0.3 is 9.64 Å². The normalized spacial score (nSPS) is 20.2. The van der Waals surface area contributed by atoms with Crippen molar-refractivity contribution in [2.75, 3.05) is 18.1 Å². The number of amides is 1. The number of rotatable bonds is 4. The molecule has 4 heteroatoms. The van der Waals surface area contributed by atoms with Crippen LogP contribution in [0.25, 0.3) is 0 Å². The van der Waals surface area contributed by atoms with E-state index < -0.39 is 11.9 Å². The van der Waals surface area contributed by atoms with Gasteiger partial charge in [0, 0.05) is 18.2 Å². The highest BCUT2D eigenvalue weighted by molar-refractivity contribution is 6.09. The zero-order chi connectivity index (χ0) is 17.1. The fraction of sp³-hybridized carbons (Fsp3) is 0.300. The van der Waals surface area contributed by atoms with E-state index in [0.717, 1.165) is 16.8 Å². The average molecular weight is 323 g/mol. The molecule has 0 radical (unpaired) electrons. The quantitative estimate of drug-likeness (QED) is 0.640. The molecule has 0 saturated carbocycles. The lowest BCUT2D eigenvalue weighted by Gasteiger charge is -2.16. The Labute approximate surface area is 142 Å². The molecular weight excluding hydrogens is 302 g/mol. The Morgan fingerprint density at radius 3 is 2.42 bits per heavy atom. The molecule has 0 aliphatic carbocycles. The number of ether oxygens (including phenoxy) is 1. The topological polar surface area (TPSA) is 46.6 Å². The van der Waals surface area contributed by atoms with Gasteiger partial charge in [-0.3, -0.25) is 9.59 Å². The number of carbonyl (C=O) groups excluding carboxylic acids is 2. The van der Waals surface area contributed by atoms with Crippen LogP contribution in [0.5, 0.6) is 0 Å². The van der Waals surface area contributed by atoms with Crippen molar-refractivity contribution >= 4 is 17.6 Å². The number of hydrogen-bond acceptors (Lipinski definition) is 3. The maximum absolute atomic E-state index is 12.9. The molecule has 1 saturated heterocycles. The van der Waals surface area contributed by atoms with Crippen LogP contribution in [-0.2, 0) is 14.3 Å². The third-order valence-corrected chi connectivity index (χ3v) is 4.43. The van der Waals surface area contributed by atoms with Crippen LogP contribution in [0.15, 0.2) is 54.6 Å². The summed E-state index contributed by atoms with van der Waals surface area (Å²) in [5.74, 6) is -1.61. The fourth-order valence-corrected chi connectivity index (χ4v) is 3.18. The van der Waals surface area contributed by atoms with Crippen LogP contribution >= 0.6 is 0 Å². The molecule has 1 fully saturated rings. The van der Waals surface area contributed by atoms with Crippen LogP contribution in [0.3, 0.4) is 0 Å². The monoisotopic (exact) mass is 323 g/mol. The lowest BCUT2D eigenvalue weighted by Crippen LogP contribution is -2.31. The van der Waals surface area contributed by atoms with Gasteiger partial charge in [0.25, 0.3) is 0 Å². The van der Waals surface area contributed by atoms with Crippen molar-refractivity contribution < 1.29 is 14.3 Å². The van der Waals surface area contributed by atoms with E-state index in [0.29, 0.717) is 6.54 Å². The molecule has 0 aromatic heterocycles. The molecule has 1 aliphatic heterocycles. The van der Waals surface area contributed by atoms with Gasteiger partial charge in [0.1, 0.15) is 5.92 Å². The summed E-state index contributed by atoms with van der Waals surface area (Å²) >= 11 is 0. The molecule has 0 N–H and O–H groups in total. The van der Waals surface area contributed by atoms with Crippen LogP contribution in [0, 0.1) is 12.8 Å². The summed E-state index contributed by atoms with van der Waals surface area (Å²) in [5, 5.41) is 0. The van der Waals surface area contributed by atoms with Gasteiger partial charge >= 0.3 is 5.97 Å². The maximum Gasteiger partial charge on any atom is 0.319 e. The number of anilines is 1. The number of aryl methyl sites for hydroxylation is 1. The highest BCUT2D eigenvalue weighted by atomic mass is 16.5. The largest absolute Gasteiger partial charge is 0.465 e. The molecule has 2 aromatic rings. The summed E-state index contributed by atoms with van der Waals surface area (Å²) in [7, 11) is 0. The summed E-state index contributed by atoms with van der Waals surface area (Å²) in [5.41, 5.74) is 2.93. The van der Waals surface area contributed by atoms with Crippen molar-refractivity contribution in [3.63, 3.8) is 0 Å². The first-order valence-electron chi connectivity index (χ1n) is 8.21. The van der Waals surface area contributed by atoms with E-state index in [9.17, 15) is 9.59 Å². The molecule has 24 heavy (non-hydrogen) atoms. The van der Waals surface area contributed by atoms with E-state index in [1.807, 2.05) is 61.5 Å². The number of esters is 1. The van der Waals surface area contributed by atoms with Crippen molar-refractivity contribution in [3.05, 3.63) is 65.7 Å². The van der Waals surface area contributed by atoms with Gasteiger partial charge in [-0.15, -0.1) is 0 Å². The van der Waals surface area contributed by atoms with E-state index in [-0.39, 0.29) is 18.4 Å². The minimum absolute atomic E-state index is 0.189. The van der Waals surface area contributed by atoms with Gasteiger partial charge in [-0.05, 0) is 31.5 Å². The molecule has 1 amide bonds. The second-order valence-corrected chi connectivity index (χ2v) is 6.03. The summed E-state index contributed by atoms with van der Waals surface area (Å²) in [6.45, 7) is 4.51. The highest BCUT2D eigenvalue weighted by Gasteiger charge is 2.47. The Morgan fingerprint density at radius 2 is 1.79 bits per heavy atom. The number of benzene rings is 2. The molecule has 0 spiro atoms.